The number of rotatable bonds is 7. The average molecular weight is 471 g/mol. The third-order valence-corrected chi connectivity index (χ3v) is 7.38. The third kappa shape index (κ3) is 5.31. The number of hydrogen-bond acceptors (Lipinski definition) is 3. The van der Waals surface area contributed by atoms with Gasteiger partial charge in [-0.3, -0.25) is 9.10 Å². The van der Waals surface area contributed by atoms with E-state index in [-0.39, 0.29) is 21.6 Å². The summed E-state index contributed by atoms with van der Waals surface area (Å²) in [5.74, 6) is -0.423. The Bertz CT molecular complexity index is 1220. The second kappa shape index (κ2) is 9.76. The summed E-state index contributed by atoms with van der Waals surface area (Å²) in [6.07, 6.45) is 0. The van der Waals surface area contributed by atoms with Crippen LogP contribution in [0.15, 0.2) is 71.6 Å². The van der Waals surface area contributed by atoms with Crippen LogP contribution in [0.5, 0.6) is 0 Å². The molecular formula is C25H27ClN2O3S. The summed E-state index contributed by atoms with van der Waals surface area (Å²) in [5, 5.41) is 3.17. The monoisotopic (exact) mass is 470 g/mol. The Morgan fingerprint density at radius 2 is 1.59 bits per heavy atom. The van der Waals surface area contributed by atoms with E-state index in [0.717, 1.165) is 26.6 Å². The molecule has 5 nitrogen and oxygen atoms in total. The zero-order chi connectivity index (χ0) is 23.5. The molecule has 0 saturated carbocycles. The molecule has 0 spiro atoms. The number of carbonyl (C=O) groups excluding carboxylic acids is 1. The van der Waals surface area contributed by atoms with E-state index in [2.05, 4.69) is 11.4 Å². The number of hydrogen-bond donors (Lipinski definition) is 1. The number of amides is 1. The highest BCUT2D eigenvalue weighted by Gasteiger charge is 2.29. The first-order valence-electron chi connectivity index (χ1n) is 10.3. The number of aryl methyl sites for hydroxylation is 3. The molecule has 1 atom stereocenters. The Labute approximate surface area is 195 Å². The van der Waals surface area contributed by atoms with Crippen LogP contribution in [-0.2, 0) is 14.8 Å². The first-order valence-corrected chi connectivity index (χ1v) is 12.1. The van der Waals surface area contributed by atoms with Gasteiger partial charge >= 0.3 is 0 Å². The van der Waals surface area contributed by atoms with Crippen LogP contribution in [-0.4, -0.2) is 20.9 Å². The highest BCUT2D eigenvalue weighted by atomic mass is 35.5. The summed E-state index contributed by atoms with van der Waals surface area (Å²) in [5.41, 5.74) is 4.37. The van der Waals surface area contributed by atoms with E-state index in [0.29, 0.717) is 0 Å². The molecule has 168 valence electrons. The predicted molar refractivity (Wildman–Crippen MR) is 130 cm³/mol. The van der Waals surface area contributed by atoms with Gasteiger partial charge in [0.1, 0.15) is 6.54 Å². The highest BCUT2D eigenvalue weighted by molar-refractivity contribution is 7.92. The van der Waals surface area contributed by atoms with Crippen LogP contribution >= 0.6 is 11.6 Å². The van der Waals surface area contributed by atoms with Crippen molar-refractivity contribution >= 4 is 33.2 Å². The molecule has 0 saturated heterocycles. The second-order valence-electron chi connectivity index (χ2n) is 7.93. The van der Waals surface area contributed by atoms with Crippen LogP contribution in [0.3, 0.4) is 0 Å². The Hall–Kier alpha value is -2.83. The van der Waals surface area contributed by atoms with Gasteiger partial charge in [-0.15, -0.1) is 0 Å². The minimum Gasteiger partial charge on any atom is -0.348 e. The molecule has 0 aliphatic rings. The van der Waals surface area contributed by atoms with Crippen LogP contribution in [0.4, 0.5) is 5.69 Å². The lowest BCUT2D eigenvalue weighted by Crippen LogP contribution is -2.41. The Morgan fingerprint density at radius 1 is 0.969 bits per heavy atom. The van der Waals surface area contributed by atoms with Crippen molar-refractivity contribution in [3.05, 3.63) is 94.0 Å². The quantitative estimate of drug-likeness (QED) is 0.507. The van der Waals surface area contributed by atoms with Gasteiger partial charge in [0.2, 0.25) is 5.91 Å². The molecule has 3 rings (SSSR count). The molecule has 3 aromatic rings. The number of anilines is 1. The van der Waals surface area contributed by atoms with Crippen molar-refractivity contribution in [2.45, 2.75) is 38.6 Å². The highest BCUT2D eigenvalue weighted by Crippen LogP contribution is 2.30. The first kappa shape index (κ1) is 23.8. The summed E-state index contributed by atoms with van der Waals surface area (Å²) < 4.78 is 28.0. The number of halogens is 1. The van der Waals surface area contributed by atoms with E-state index >= 15 is 0 Å². The number of carbonyl (C=O) groups is 1. The van der Waals surface area contributed by atoms with Crippen molar-refractivity contribution < 1.29 is 13.2 Å². The van der Waals surface area contributed by atoms with E-state index < -0.39 is 22.5 Å². The van der Waals surface area contributed by atoms with Crippen molar-refractivity contribution in [2.24, 2.45) is 0 Å². The molecular weight excluding hydrogens is 444 g/mol. The van der Waals surface area contributed by atoms with Crippen LogP contribution in [0.25, 0.3) is 0 Å². The van der Waals surface area contributed by atoms with Gasteiger partial charge in [0.15, 0.2) is 0 Å². The molecule has 0 unspecified atom stereocenters. The molecule has 3 aromatic carbocycles. The lowest BCUT2D eigenvalue weighted by Gasteiger charge is -2.26. The minimum absolute atomic E-state index is 0.0956. The number of sulfonamides is 1. The predicted octanol–water partition coefficient (Wildman–Crippen LogP) is 5.34. The smallest absolute Gasteiger partial charge is 0.264 e. The largest absolute Gasteiger partial charge is 0.348 e. The molecule has 7 heteroatoms. The van der Waals surface area contributed by atoms with Crippen molar-refractivity contribution in [2.75, 3.05) is 10.8 Å². The number of nitrogens with zero attached hydrogens (tertiary/aromatic N) is 1. The summed E-state index contributed by atoms with van der Waals surface area (Å²) in [6, 6.07) is 18.8. The maximum atomic E-state index is 13.5. The van der Waals surface area contributed by atoms with Crippen molar-refractivity contribution in [3.8, 4) is 0 Å². The molecule has 1 amide bonds. The van der Waals surface area contributed by atoms with Crippen LogP contribution in [0, 0.1) is 20.8 Å². The fourth-order valence-corrected chi connectivity index (χ4v) is 5.33. The zero-order valence-corrected chi connectivity index (χ0v) is 20.2. The minimum atomic E-state index is -4.01. The molecule has 32 heavy (non-hydrogen) atoms. The van der Waals surface area contributed by atoms with Crippen LogP contribution in [0.2, 0.25) is 5.02 Å². The van der Waals surface area contributed by atoms with Gasteiger partial charge in [0.25, 0.3) is 10.0 Å². The van der Waals surface area contributed by atoms with Crippen LogP contribution in [0.1, 0.15) is 35.2 Å². The van der Waals surface area contributed by atoms with E-state index in [9.17, 15) is 13.2 Å². The van der Waals surface area contributed by atoms with Gasteiger partial charge in [0, 0.05) is 0 Å². The molecule has 0 bridgehead atoms. The van der Waals surface area contributed by atoms with Gasteiger partial charge in [0.05, 0.1) is 21.6 Å². The van der Waals surface area contributed by atoms with Crippen molar-refractivity contribution in [3.63, 3.8) is 0 Å². The molecule has 0 heterocycles. The van der Waals surface area contributed by atoms with Gasteiger partial charge in [-0.05, 0) is 63.1 Å². The summed E-state index contributed by atoms with van der Waals surface area (Å²) >= 11 is 6.32. The summed E-state index contributed by atoms with van der Waals surface area (Å²) in [6.45, 7) is 7.36. The van der Waals surface area contributed by atoms with Gasteiger partial charge < -0.3 is 5.32 Å². The molecule has 0 radical (unpaired) electrons. The zero-order valence-electron chi connectivity index (χ0n) is 18.6. The Balaban J connectivity index is 1.91. The maximum absolute atomic E-state index is 13.5. The van der Waals surface area contributed by atoms with Gasteiger partial charge in [-0.1, -0.05) is 65.2 Å². The summed E-state index contributed by atoms with van der Waals surface area (Å²) in [7, 11) is -4.01. The molecule has 0 aromatic heterocycles. The van der Waals surface area contributed by atoms with Crippen LogP contribution < -0.4 is 9.62 Å². The topological polar surface area (TPSA) is 66.5 Å². The third-order valence-electron chi connectivity index (χ3n) is 5.29. The van der Waals surface area contributed by atoms with Gasteiger partial charge in [-0.2, -0.15) is 0 Å². The van der Waals surface area contributed by atoms with E-state index in [1.807, 2.05) is 39.8 Å². The maximum Gasteiger partial charge on any atom is 0.264 e. The van der Waals surface area contributed by atoms with Crippen molar-refractivity contribution in [1.82, 2.24) is 5.32 Å². The normalized spacial score (nSPS) is 12.3. The molecule has 0 aliphatic carbocycles. The second-order valence-corrected chi connectivity index (χ2v) is 10.2. The van der Waals surface area contributed by atoms with Gasteiger partial charge in [-0.25, -0.2) is 8.42 Å². The SMILES string of the molecule is Cc1ccc(S(=O)(=O)N(CC(=O)N[C@@H](C)c2ccc(C)cc2C)c2ccccc2Cl)cc1. The molecule has 0 fully saturated rings. The van der Waals surface area contributed by atoms with E-state index in [1.54, 1.807) is 36.4 Å². The fraction of sp³-hybridized carbons (Fsp3) is 0.240. The number of para-hydroxylation sites is 1. The molecule has 1 N–H and O–H groups in total. The Morgan fingerprint density at radius 3 is 2.22 bits per heavy atom. The van der Waals surface area contributed by atoms with E-state index in [4.69, 9.17) is 11.6 Å². The average Bonchev–Trinajstić information content (AvgIpc) is 2.72. The lowest BCUT2D eigenvalue weighted by atomic mass is 10.0. The standard InChI is InChI=1S/C25H27ClN2O3S/c1-17-9-12-21(13-10-17)32(30,31)28(24-8-6-5-7-23(24)26)16-25(29)27-20(4)22-14-11-18(2)15-19(22)3/h5-15,20H,16H2,1-4H3,(H,27,29)/t20-/m0/s1. The van der Waals surface area contributed by atoms with E-state index in [1.165, 1.54) is 12.1 Å². The van der Waals surface area contributed by atoms with Crippen molar-refractivity contribution in [1.29, 1.82) is 0 Å². The fourth-order valence-electron chi connectivity index (χ4n) is 3.60. The summed E-state index contributed by atoms with van der Waals surface area (Å²) in [4.78, 5) is 13.1. The number of benzene rings is 3. The number of nitrogens with one attached hydrogen (secondary N) is 1. The Kier molecular flexibility index (Phi) is 7.26. The first-order chi connectivity index (χ1) is 15.1. The molecule has 0 aliphatic heterocycles. The lowest BCUT2D eigenvalue weighted by molar-refractivity contribution is -0.120.